The van der Waals surface area contributed by atoms with Crippen molar-refractivity contribution in [1.82, 2.24) is 14.7 Å². The summed E-state index contributed by atoms with van der Waals surface area (Å²) < 4.78 is 1.38. The maximum atomic E-state index is 13.4. The minimum absolute atomic E-state index is 0.0614. The maximum absolute atomic E-state index is 13.4. The standard InChI is InChI=1S/C21H21N3O2/c1-2-24-20(25)17-12-7-6-11-16(17)19(22-24)21(26)23-14-8-13-18(23)15-9-4-3-5-10-15/h3-7,9-12,18H,2,8,13-14H2,1H3. The second-order valence-corrected chi connectivity index (χ2v) is 6.58. The van der Waals surface area contributed by atoms with E-state index in [-0.39, 0.29) is 17.5 Å². The van der Waals surface area contributed by atoms with Crippen LogP contribution in [-0.4, -0.2) is 27.1 Å². The lowest BCUT2D eigenvalue weighted by molar-refractivity contribution is 0.0729. The van der Waals surface area contributed by atoms with E-state index in [1.165, 1.54) is 4.68 Å². The summed E-state index contributed by atoms with van der Waals surface area (Å²) in [6, 6.07) is 17.4. The SMILES string of the molecule is CCn1nc(C(=O)N2CCCC2c2ccccc2)c2ccccc2c1=O. The van der Waals surface area contributed by atoms with Crippen molar-refractivity contribution in [2.24, 2.45) is 0 Å². The molecule has 1 atom stereocenters. The van der Waals surface area contributed by atoms with Crippen LogP contribution >= 0.6 is 0 Å². The third-order valence-corrected chi connectivity index (χ3v) is 5.07. The van der Waals surface area contributed by atoms with Gasteiger partial charge < -0.3 is 4.90 Å². The van der Waals surface area contributed by atoms with Crippen LogP contribution in [0.5, 0.6) is 0 Å². The van der Waals surface area contributed by atoms with Crippen molar-refractivity contribution in [2.75, 3.05) is 6.54 Å². The van der Waals surface area contributed by atoms with Gasteiger partial charge in [0.05, 0.1) is 11.4 Å². The number of likely N-dealkylation sites (tertiary alicyclic amines) is 1. The molecule has 0 N–H and O–H groups in total. The minimum atomic E-state index is -0.152. The molecule has 1 saturated heterocycles. The van der Waals surface area contributed by atoms with Gasteiger partial charge in [0.25, 0.3) is 11.5 Å². The normalized spacial score (nSPS) is 17.0. The van der Waals surface area contributed by atoms with Crippen molar-refractivity contribution < 1.29 is 4.79 Å². The Morgan fingerprint density at radius 2 is 1.77 bits per heavy atom. The van der Waals surface area contributed by atoms with Gasteiger partial charge in [-0.2, -0.15) is 5.10 Å². The summed E-state index contributed by atoms with van der Waals surface area (Å²) in [6.07, 6.45) is 1.91. The molecule has 1 amide bonds. The number of amides is 1. The third kappa shape index (κ3) is 2.69. The predicted octanol–water partition coefficient (Wildman–Crippen LogP) is 3.39. The molecule has 1 fully saturated rings. The molecule has 3 aromatic rings. The van der Waals surface area contributed by atoms with Crippen molar-refractivity contribution in [2.45, 2.75) is 32.4 Å². The van der Waals surface area contributed by atoms with Gasteiger partial charge in [-0.1, -0.05) is 48.5 Å². The van der Waals surface area contributed by atoms with Gasteiger partial charge in [0, 0.05) is 18.5 Å². The largest absolute Gasteiger partial charge is 0.330 e. The van der Waals surface area contributed by atoms with E-state index in [1.807, 2.05) is 48.2 Å². The van der Waals surface area contributed by atoms with Crippen LogP contribution in [0.1, 0.15) is 41.9 Å². The van der Waals surface area contributed by atoms with Gasteiger partial charge in [-0.25, -0.2) is 4.68 Å². The topological polar surface area (TPSA) is 55.2 Å². The summed E-state index contributed by atoms with van der Waals surface area (Å²) in [5, 5.41) is 5.58. The van der Waals surface area contributed by atoms with Crippen LogP contribution in [0.4, 0.5) is 0 Å². The fraction of sp³-hybridized carbons (Fsp3) is 0.286. The summed E-state index contributed by atoms with van der Waals surface area (Å²) in [5.74, 6) is -0.102. The molecule has 1 aliphatic rings. The highest BCUT2D eigenvalue weighted by Crippen LogP contribution is 2.33. The van der Waals surface area contributed by atoms with Gasteiger partial charge in [-0.3, -0.25) is 9.59 Å². The van der Waals surface area contributed by atoms with Crippen molar-refractivity contribution >= 4 is 16.7 Å². The second-order valence-electron chi connectivity index (χ2n) is 6.58. The average Bonchev–Trinajstić information content (AvgIpc) is 3.18. The molecule has 0 aliphatic carbocycles. The highest BCUT2D eigenvalue weighted by molar-refractivity contribution is 6.05. The Morgan fingerprint density at radius 3 is 2.50 bits per heavy atom. The first kappa shape index (κ1) is 16.5. The molecule has 0 radical (unpaired) electrons. The van der Waals surface area contributed by atoms with Gasteiger partial charge in [0.15, 0.2) is 5.69 Å². The van der Waals surface area contributed by atoms with E-state index in [9.17, 15) is 9.59 Å². The quantitative estimate of drug-likeness (QED) is 0.730. The Hall–Kier alpha value is -2.95. The molecule has 26 heavy (non-hydrogen) atoms. The molecular formula is C21H21N3O2. The fourth-order valence-electron chi connectivity index (χ4n) is 3.77. The van der Waals surface area contributed by atoms with Crippen molar-refractivity contribution in [1.29, 1.82) is 0 Å². The first-order valence-electron chi connectivity index (χ1n) is 9.06. The van der Waals surface area contributed by atoms with Gasteiger partial charge in [-0.05, 0) is 31.4 Å². The van der Waals surface area contributed by atoms with Crippen LogP contribution in [0.3, 0.4) is 0 Å². The van der Waals surface area contributed by atoms with E-state index in [4.69, 9.17) is 0 Å². The van der Waals surface area contributed by atoms with Crippen LogP contribution in [-0.2, 0) is 6.54 Å². The van der Waals surface area contributed by atoms with Gasteiger partial charge in [-0.15, -0.1) is 0 Å². The molecule has 2 aromatic carbocycles. The molecule has 5 nitrogen and oxygen atoms in total. The first-order valence-corrected chi connectivity index (χ1v) is 9.06. The van der Waals surface area contributed by atoms with Crippen LogP contribution in [0, 0.1) is 0 Å². The number of rotatable bonds is 3. The Balaban J connectivity index is 1.81. The molecule has 0 saturated carbocycles. The van der Waals surface area contributed by atoms with Crippen molar-refractivity contribution in [3.63, 3.8) is 0 Å². The molecule has 0 spiro atoms. The first-order chi connectivity index (χ1) is 12.7. The van der Waals surface area contributed by atoms with E-state index in [1.54, 1.807) is 6.07 Å². The van der Waals surface area contributed by atoms with Gasteiger partial charge in [0.2, 0.25) is 0 Å². The molecule has 0 bridgehead atoms. The van der Waals surface area contributed by atoms with E-state index >= 15 is 0 Å². The van der Waals surface area contributed by atoms with Crippen LogP contribution in [0.2, 0.25) is 0 Å². The zero-order valence-corrected chi connectivity index (χ0v) is 14.8. The van der Waals surface area contributed by atoms with Crippen LogP contribution in [0.25, 0.3) is 10.8 Å². The summed E-state index contributed by atoms with van der Waals surface area (Å²) >= 11 is 0. The maximum Gasteiger partial charge on any atom is 0.275 e. The Kier molecular flexibility index (Phi) is 4.29. The highest BCUT2D eigenvalue weighted by Gasteiger charge is 2.32. The molecule has 5 heteroatoms. The Morgan fingerprint density at radius 1 is 1.08 bits per heavy atom. The predicted molar refractivity (Wildman–Crippen MR) is 101 cm³/mol. The highest BCUT2D eigenvalue weighted by atomic mass is 16.2. The molecular weight excluding hydrogens is 326 g/mol. The van der Waals surface area contributed by atoms with Gasteiger partial charge >= 0.3 is 0 Å². The number of hydrogen-bond donors (Lipinski definition) is 0. The molecule has 4 rings (SSSR count). The van der Waals surface area contributed by atoms with E-state index in [0.717, 1.165) is 18.4 Å². The monoisotopic (exact) mass is 347 g/mol. The Bertz CT molecular complexity index is 1010. The zero-order chi connectivity index (χ0) is 18.1. The summed E-state index contributed by atoms with van der Waals surface area (Å²) in [7, 11) is 0. The van der Waals surface area contributed by atoms with Crippen molar-refractivity contribution in [3.8, 4) is 0 Å². The molecule has 132 valence electrons. The number of fused-ring (bicyclic) bond motifs is 1. The summed E-state index contributed by atoms with van der Waals surface area (Å²) in [6.45, 7) is 3.01. The third-order valence-electron chi connectivity index (χ3n) is 5.07. The minimum Gasteiger partial charge on any atom is -0.330 e. The number of aryl methyl sites for hydroxylation is 1. The van der Waals surface area contributed by atoms with Gasteiger partial charge in [0.1, 0.15) is 0 Å². The lowest BCUT2D eigenvalue weighted by Gasteiger charge is -2.25. The number of benzene rings is 2. The van der Waals surface area contributed by atoms with E-state index < -0.39 is 0 Å². The average molecular weight is 347 g/mol. The van der Waals surface area contributed by atoms with E-state index in [0.29, 0.717) is 29.6 Å². The number of carbonyl (C=O) groups is 1. The second kappa shape index (κ2) is 6.75. The molecule has 2 heterocycles. The van der Waals surface area contributed by atoms with Crippen LogP contribution in [0.15, 0.2) is 59.4 Å². The smallest absolute Gasteiger partial charge is 0.275 e. The van der Waals surface area contributed by atoms with Crippen molar-refractivity contribution in [3.05, 3.63) is 76.2 Å². The lowest BCUT2D eigenvalue weighted by atomic mass is 10.0. The van der Waals surface area contributed by atoms with Crippen LogP contribution < -0.4 is 5.56 Å². The number of aromatic nitrogens is 2. The zero-order valence-electron chi connectivity index (χ0n) is 14.8. The van der Waals surface area contributed by atoms with E-state index in [2.05, 4.69) is 17.2 Å². The fourth-order valence-corrected chi connectivity index (χ4v) is 3.77. The Labute approximate surface area is 151 Å². The number of nitrogens with zero attached hydrogens (tertiary/aromatic N) is 3. The number of carbonyl (C=O) groups excluding carboxylic acids is 1. The molecule has 1 aliphatic heterocycles. The summed E-state index contributed by atoms with van der Waals surface area (Å²) in [5.41, 5.74) is 1.36. The molecule has 1 aromatic heterocycles. The lowest BCUT2D eigenvalue weighted by Crippen LogP contribution is -2.34. The number of hydrogen-bond acceptors (Lipinski definition) is 3. The molecule has 1 unspecified atom stereocenters. The summed E-state index contributed by atoms with van der Waals surface area (Å²) in [4.78, 5) is 27.8.